The van der Waals surface area contributed by atoms with E-state index in [1.165, 1.54) is 0 Å². The summed E-state index contributed by atoms with van der Waals surface area (Å²) in [5.41, 5.74) is 1.50. The summed E-state index contributed by atoms with van der Waals surface area (Å²) in [5.74, 6) is -0.740. The molecule has 0 aliphatic carbocycles. The number of ether oxygens (including phenoxy) is 1. The minimum Gasteiger partial charge on any atom is -0.481 e. The van der Waals surface area contributed by atoms with Gasteiger partial charge in [-0.25, -0.2) is 0 Å². The van der Waals surface area contributed by atoms with Gasteiger partial charge >= 0.3 is 5.97 Å². The molecule has 0 saturated carbocycles. The van der Waals surface area contributed by atoms with Crippen LogP contribution in [0.25, 0.3) is 0 Å². The van der Waals surface area contributed by atoms with E-state index >= 15 is 0 Å². The van der Waals surface area contributed by atoms with E-state index in [4.69, 9.17) is 9.84 Å². The van der Waals surface area contributed by atoms with E-state index in [2.05, 4.69) is 0 Å². The normalized spacial score (nSPS) is 22.3. The molecule has 1 aromatic carbocycles. The number of aryl methyl sites for hydroxylation is 1. The monoisotopic (exact) mass is 347 g/mol. The van der Waals surface area contributed by atoms with Crippen LogP contribution in [0.3, 0.4) is 0 Å². The molecule has 1 atom stereocenters. The molecule has 25 heavy (non-hydrogen) atoms. The first-order valence-corrected chi connectivity index (χ1v) is 8.83. The standard InChI is InChI=1S/C19H25NO5/c21-12-16-11-20(13-19(16)7-9-25-10-8-19)18(24)15-4-1-14(2-5-15)3-6-17(22)23/h1-2,4-5,16,21H,3,6-13H2,(H,22,23). The molecule has 1 amide bonds. The first-order chi connectivity index (χ1) is 12.0. The molecule has 2 aliphatic rings. The Morgan fingerprint density at radius 3 is 2.48 bits per heavy atom. The van der Waals surface area contributed by atoms with Gasteiger partial charge in [0.1, 0.15) is 0 Å². The van der Waals surface area contributed by atoms with Crippen molar-refractivity contribution < 1.29 is 24.5 Å². The van der Waals surface area contributed by atoms with Gasteiger partial charge in [-0.2, -0.15) is 0 Å². The van der Waals surface area contributed by atoms with Crippen molar-refractivity contribution in [1.29, 1.82) is 0 Å². The Morgan fingerprint density at radius 2 is 1.88 bits per heavy atom. The van der Waals surface area contributed by atoms with Gasteiger partial charge in [0, 0.05) is 50.8 Å². The van der Waals surface area contributed by atoms with Crippen LogP contribution >= 0.6 is 0 Å². The zero-order valence-corrected chi connectivity index (χ0v) is 14.3. The summed E-state index contributed by atoms with van der Waals surface area (Å²) in [6.07, 6.45) is 2.32. The highest BCUT2D eigenvalue weighted by Crippen LogP contribution is 2.44. The fourth-order valence-corrected chi connectivity index (χ4v) is 4.03. The number of aliphatic carboxylic acids is 1. The summed E-state index contributed by atoms with van der Waals surface area (Å²) in [6, 6.07) is 7.17. The number of amides is 1. The van der Waals surface area contributed by atoms with Gasteiger partial charge in [0.05, 0.1) is 0 Å². The van der Waals surface area contributed by atoms with Crippen molar-refractivity contribution >= 4 is 11.9 Å². The Kier molecular flexibility index (Phi) is 5.39. The zero-order valence-electron chi connectivity index (χ0n) is 14.3. The molecule has 2 aliphatic heterocycles. The number of nitrogens with zero attached hydrogens (tertiary/aromatic N) is 1. The second-order valence-corrected chi connectivity index (χ2v) is 7.13. The minimum atomic E-state index is -0.825. The van der Waals surface area contributed by atoms with Crippen LogP contribution in [0.5, 0.6) is 0 Å². The van der Waals surface area contributed by atoms with Crippen LogP contribution < -0.4 is 0 Å². The smallest absolute Gasteiger partial charge is 0.303 e. The molecule has 2 heterocycles. The van der Waals surface area contributed by atoms with Gasteiger partial charge in [0.15, 0.2) is 0 Å². The van der Waals surface area contributed by atoms with E-state index in [-0.39, 0.29) is 30.3 Å². The molecule has 0 radical (unpaired) electrons. The number of aliphatic hydroxyl groups is 1. The van der Waals surface area contributed by atoms with E-state index in [1.807, 2.05) is 17.0 Å². The molecule has 6 nitrogen and oxygen atoms in total. The predicted molar refractivity (Wildman–Crippen MR) is 91.4 cm³/mol. The van der Waals surface area contributed by atoms with Crippen molar-refractivity contribution in [2.75, 3.05) is 32.9 Å². The molecular formula is C19H25NO5. The van der Waals surface area contributed by atoms with Crippen LogP contribution in [0.2, 0.25) is 0 Å². The van der Waals surface area contributed by atoms with E-state index in [0.29, 0.717) is 38.3 Å². The molecule has 136 valence electrons. The first kappa shape index (κ1) is 17.9. The molecule has 0 bridgehead atoms. The lowest BCUT2D eigenvalue weighted by Gasteiger charge is -2.37. The second-order valence-electron chi connectivity index (χ2n) is 7.13. The third-order valence-corrected chi connectivity index (χ3v) is 5.64. The lowest BCUT2D eigenvalue weighted by molar-refractivity contribution is -0.136. The Hall–Kier alpha value is -1.92. The molecule has 2 fully saturated rings. The van der Waals surface area contributed by atoms with Gasteiger partial charge in [0.2, 0.25) is 0 Å². The van der Waals surface area contributed by atoms with Crippen molar-refractivity contribution in [2.45, 2.75) is 25.7 Å². The molecular weight excluding hydrogens is 322 g/mol. The van der Waals surface area contributed by atoms with Gasteiger partial charge in [-0.05, 0) is 42.4 Å². The predicted octanol–water partition coefficient (Wildman–Crippen LogP) is 1.56. The van der Waals surface area contributed by atoms with Gasteiger partial charge < -0.3 is 19.8 Å². The number of hydrogen-bond donors (Lipinski definition) is 2. The van der Waals surface area contributed by atoms with Gasteiger partial charge in [-0.1, -0.05) is 12.1 Å². The van der Waals surface area contributed by atoms with Crippen LogP contribution in [0.4, 0.5) is 0 Å². The van der Waals surface area contributed by atoms with E-state index in [9.17, 15) is 14.7 Å². The molecule has 2 N–H and O–H groups in total. The van der Waals surface area contributed by atoms with Crippen molar-refractivity contribution in [3.05, 3.63) is 35.4 Å². The highest BCUT2D eigenvalue weighted by Gasteiger charge is 2.48. The summed E-state index contributed by atoms with van der Waals surface area (Å²) in [4.78, 5) is 25.3. The number of likely N-dealkylation sites (tertiary alicyclic amines) is 1. The summed E-state index contributed by atoms with van der Waals surface area (Å²) in [7, 11) is 0. The number of rotatable bonds is 5. The topological polar surface area (TPSA) is 87.1 Å². The van der Waals surface area contributed by atoms with E-state index < -0.39 is 5.97 Å². The average molecular weight is 347 g/mol. The highest BCUT2D eigenvalue weighted by atomic mass is 16.5. The third-order valence-electron chi connectivity index (χ3n) is 5.64. The maximum Gasteiger partial charge on any atom is 0.303 e. The number of hydrogen-bond acceptors (Lipinski definition) is 4. The lowest BCUT2D eigenvalue weighted by atomic mass is 9.72. The number of benzene rings is 1. The first-order valence-electron chi connectivity index (χ1n) is 8.83. The SMILES string of the molecule is O=C(O)CCc1ccc(C(=O)N2CC(CO)C3(CCOCC3)C2)cc1. The highest BCUT2D eigenvalue weighted by molar-refractivity contribution is 5.94. The van der Waals surface area contributed by atoms with Crippen LogP contribution in [0.15, 0.2) is 24.3 Å². The van der Waals surface area contributed by atoms with Crippen molar-refractivity contribution in [3.63, 3.8) is 0 Å². The summed E-state index contributed by atoms with van der Waals surface area (Å²) in [6.45, 7) is 2.73. The van der Waals surface area contributed by atoms with Crippen LogP contribution in [0, 0.1) is 11.3 Å². The summed E-state index contributed by atoms with van der Waals surface area (Å²) >= 11 is 0. The van der Waals surface area contributed by atoms with Gasteiger partial charge in [-0.15, -0.1) is 0 Å². The lowest BCUT2D eigenvalue weighted by Crippen LogP contribution is -2.38. The average Bonchev–Trinajstić information content (AvgIpc) is 2.98. The van der Waals surface area contributed by atoms with E-state index in [1.54, 1.807) is 12.1 Å². The van der Waals surface area contributed by atoms with Crippen molar-refractivity contribution in [3.8, 4) is 0 Å². The number of carboxylic acid groups (broad SMARTS) is 1. The maximum atomic E-state index is 12.8. The quantitative estimate of drug-likeness (QED) is 0.844. The third kappa shape index (κ3) is 3.85. The van der Waals surface area contributed by atoms with E-state index in [0.717, 1.165) is 18.4 Å². The van der Waals surface area contributed by atoms with Gasteiger partial charge in [-0.3, -0.25) is 9.59 Å². The minimum absolute atomic E-state index is 0.0217. The van der Waals surface area contributed by atoms with Gasteiger partial charge in [0.25, 0.3) is 5.91 Å². The Balaban J connectivity index is 1.67. The second kappa shape index (κ2) is 7.54. The molecule has 2 saturated heterocycles. The van der Waals surface area contributed by atoms with Crippen LogP contribution in [-0.4, -0.2) is 59.9 Å². The molecule has 3 rings (SSSR count). The fourth-order valence-electron chi connectivity index (χ4n) is 4.03. The molecule has 1 unspecified atom stereocenters. The Morgan fingerprint density at radius 1 is 1.20 bits per heavy atom. The van der Waals surface area contributed by atoms with Crippen LogP contribution in [0.1, 0.15) is 35.2 Å². The number of aliphatic hydroxyl groups excluding tert-OH is 1. The largest absolute Gasteiger partial charge is 0.481 e. The number of carboxylic acids is 1. The van der Waals surface area contributed by atoms with Crippen molar-refractivity contribution in [1.82, 2.24) is 4.90 Å². The molecule has 0 aromatic heterocycles. The maximum absolute atomic E-state index is 12.8. The summed E-state index contributed by atoms with van der Waals surface area (Å²) < 4.78 is 5.46. The number of carbonyl (C=O) groups is 2. The zero-order chi connectivity index (χ0) is 17.9. The van der Waals surface area contributed by atoms with Crippen LogP contribution in [-0.2, 0) is 16.0 Å². The van der Waals surface area contributed by atoms with Crippen molar-refractivity contribution in [2.24, 2.45) is 11.3 Å². The Labute approximate surface area is 147 Å². The summed E-state index contributed by atoms with van der Waals surface area (Å²) in [5, 5.41) is 18.5. The Bertz CT molecular complexity index is 621. The molecule has 6 heteroatoms. The molecule has 1 spiro atoms. The number of carbonyl (C=O) groups excluding carboxylic acids is 1. The molecule has 1 aromatic rings. The fraction of sp³-hybridized carbons (Fsp3) is 0.579.